The van der Waals surface area contributed by atoms with Gasteiger partial charge in [-0.1, -0.05) is 0 Å². The molecule has 128 valence electrons. The molecule has 1 aliphatic carbocycles. The van der Waals surface area contributed by atoms with E-state index in [1.54, 1.807) is 0 Å². The van der Waals surface area contributed by atoms with E-state index in [1.807, 2.05) is 0 Å². The molecule has 0 bridgehead atoms. The molecule has 22 heavy (non-hydrogen) atoms. The number of halogens is 1. The third-order valence-corrected chi connectivity index (χ3v) is 3.87. The fourth-order valence-corrected chi connectivity index (χ4v) is 2.50. The van der Waals surface area contributed by atoms with Gasteiger partial charge in [0.2, 0.25) is 5.91 Å². The summed E-state index contributed by atoms with van der Waals surface area (Å²) in [6.45, 7) is 6.83. The normalized spacial score (nSPS) is 21.2. The van der Waals surface area contributed by atoms with Gasteiger partial charge in [0.25, 0.3) is 0 Å². The minimum Gasteiger partial charge on any atom is -0.381 e. The van der Waals surface area contributed by atoms with Crippen molar-refractivity contribution >= 4 is 35.8 Å². The summed E-state index contributed by atoms with van der Waals surface area (Å²) in [5, 5.41) is 6.24. The zero-order valence-electron chi connectivity index (χ0n) is 13.6. The quantitative estimate of drug-likeness (QED) is 0.278. The first-order valence-corrected chi connectivity index (χ1v) is 8.05. The number of amides is 1. The monoisotopic (exact) mass is 424 g/mol. The minimum atomic E-state index is 0. The molecule has 0 aromatic rings. The number of aliphatic imine (C=N–C) groups is 1. The maximum atomic E-state index is 11.5. The predicted octanol–water partition coefficient (Wildman–Crippen LogP) is 1.06. The smallest absolute Gasteiger partial charge is 0.223 e. The lowest BCUT2D eigenvalue weighted by molar-refractivity contribution is -0.122. The summed E-state index contributed by atoms with van der Waals surface area (Å²) in [4.78, 5) is 18.3. The minimum absolute atomic E-state index is 0. The van der Waals surface area contributed by atoms with Crippen LogP contribution >= 0.6 is 24.0 Å². The van der Waals surface area contributed by atoms with Crippen molar-refractivity contribution in [2.24, 2.45) is 16.8 Å². The molecule has 0 aromatic carbocycles. The van der Waals surface area contributed by atoms with E-state index < -0.39 is 0 Å². The summed E-state index contributed by atoms with van der Waals surface area (Å²) < 4.78 is 5.42. The highest BCUT2D eigenvalue weighted by atomic mass is 127. The lowest BCUT2D eigenvalue weighted by atomic mass is 10.1. The van der Waals surface area contributed by atoms with Crippen molar-refractivity contribution < 1.29 is 9.53 Å². The molecule has 0 spiro atoms. The van der Waals surface area contributed by atoms with Crippen molar-refractivity contribution in [1.29, 1.82) is 0 Å². The van der Waals surface area contributed by atoms with Crippen LogP contribution in [0, 0.1) is 11.8 Å². The molecular weight excluding hydrogens is 395 g/mol. The molecular formula is C15H29IN4O2. The molecule has 2 rings (SSSR count). The van der Waals surface area contributed by atoms with Gasteiger partial charge in [0, 0.05) is 45.1 Å². The molecule has 0 aromatic heterocycles. The van der Waals surface area contributed by atoms with Gasteiger partial charge < -0.3 is 20.3 Å². The summed E-state index contributed by atoms with van der Waals surface area (Å²) in [5.41, 5.74) is 0. The van der Waals surface area contributed by atoms with Gasteiger partial charge in [0.05, 0.1) is 13.2 Å². The zero-order chi connectivity index (χ0) is 15.1. The molecule has 1 unspecified atom stereocenters. The maximum absolute atomic E-state index is 11.5. The van der Waals surface area contributed by atoms with Crippen LogP contribution in [-0.4, -0.2) is 63.2 Å². The van der Waals surface area contributed by atoms with Crippen LogP contribution in [0.1, 0.15) is 26.2 Å². The van der Waals surface area contributed by atoms with Crippen molar-refractivity contribution in [2.45, 2.75) is 26.2 Å². The van der Waals surface area contributed by atoms with Gasteiger partial charge in [0.15, 0.2) is 5.96 Å². The highest BCUT2D eigenvalue weighted by molar-refractivity contribution is 14.0. The largest absolute Gasteiger partial charge is 0.381 e. The first kappa shape index (κ1) is 19.5. The second-order valence-electron chi connectivity index (χ2n) is 5.91. The standard InChI is InChI=1S/C15H28N4O2.HI/c1-3-16-15(19(2)10-12-6-9-21-11-12)18-8-7-17-14(20)13-4-5-13;/h12-13H,3-11H2,1-2H3,(H,16,18)(H,17,20);1H. The second-order valence-corrected chi connectivity index (χ2v) is 5.91. The highest BCUT2D eigenvalue weighted by Crippen LogP contribution is 2.28. The molecule has 0 radical (unpaired) electrons. The van der Waals surface area contributed by atoms with Gasteiger partial charge in [-0.25, -0.2) is 0 Å². The highest BCUT2D eigenvalue weighted by Gasteiger charge is 2.29. The Morgan fingerprint density at radius 1 is 1.32 bits per heavy atom. The first-order chi connectivity index (χ1) is 10.2. The molecule has 1 amide bonds. The topological polar surface area (TPSA) is 66.0 Å². The molecule has 2 N–H and O–H groups in total. The van der Waals surface area contributed by atoms with Crippen LogP contribution in [0.15, 0.2) is 4.99 Å². The van der Waals surface area contributed by atoms with E-state index in [-0.39, 0.29) is 35.8 Å². The van der Waals surface area contributed by atoms with E-state index in [0.717, 1.165) is 51.5 Å². The van der Waals surface area contributed by atoms with Crippen LogP contribution in [0.3, 0.4) is 0 Å². The average Bonchev–Trinajstić information content (AvgIpc) is 3.21. The SMILES string of the molecule is CCNC(=NCCNC(=O)C1CC1)N(C)CC1CCOC1.I. The van der Waals surface area contributed by atoms with Crippen LogP contribution in [0.5, 0.6) is 0 Å². The van der Waals surface area contributed by atoms with Gasteiger partial charge in [-0.2, -0.15) is 0 Å². The number of guanidine groups is 1. The van der Waals surface area contributed by atoms with Gasteiger partial charge >= 0.3 is 0 Å². The summed E-state index contributed by atoms with van der Waals surface area (Å²) in [6.07, 6.45) is 3.22. The number of hydrogen-bond donors (Lipinski definition) is 2. The Morgan fingerprint density at radius 2 is 2.09 bits per heavy atom. The van der Waals surface area contributed by atoms with Gasteiger partial charge in [-0.05, 0) is 26.2 Å². The molecule has 2 fully saturated rings. The molecule has 2 aliphatic rings. The van der Waals surface area contributed by atoms with Crippen LogP contribution in [0.4, 0.5) is 0 Å². The molecule has 1 atom stereocenters. The fraction of sp³-hybridized carbons (Fsp3) is 0.867. The number of nitrogens with zero attached hydrogens (tertiary/aromatic N) is 2. The number of nitrogens with one attached hydrogen (secondary N) is 2. The number of rotatable bonds is 7. The van der Waals surface area contributed by atoms with Crippen molar-refractivity contribution in [1.82, 2.24) is 15.5 Å². The van der Waals surface area contributed by atoms with Crippen molar-refractivity contribution in [3.05, 3.63) is 0 Å². The van der Waals surface area contributed by atoms with Crippen LogP contribution < -0.4 is 10.6 Å². The van der Waals surface area contributed by atoms with Gasteiger partial charge in [-0.15, -0.1) is 24.0 Å². The predicted molar refractivity (Wildman–Crippen MR) is 98.7 cm³/mol. The molecule has 1 aliphatic heterocycles. The second kappa shape index (κ2) is 10.3. The summed E-state index contributed by atoms with van der Waals surface area (Å²) in [6, 6.07) is 0. The number of carbonyl (C=O) groups excluding carboxylic acids is 1. The van der Waals surface area contributed by atoms with E-state index >= 15 is 0 Å². The number of carbonyl (C=O) groups is 1. The Balaban J connectivity index is 0.00000242. The van der Waals surface area contributed by atoms with Crippen molar-refractivity contribution in [2.75, 3.05) is 46.4 Å². The van der Waals surface area contributed by atoms with Gasteiger partial charge in [-0.3, -0.25) is 9.79 Å². The van der Waals surface area contributed by atoms with Crippen LogP contribution in [0.2, 0.25) is 0 Å². The lowest BCUT2D eigenvalue weighted by Gasteiger charge is -2.24. The Morgan fingerprint density at radius 3 is 2.68 bits per heavy atom. The Hall–Kier alpha value is -0.570. The Labute approximate surface area is 150 Å². The Kier molecular flexibility index (Phi) is 9.08. The molecule has 1 heterocycles. The van der Waals surface area contributed by atoms with Crippen molar-refractivity contribution in [3.63, 3.8) is 0 Å². The summed E-state index contributed by atoms with van der Waals surface area (Å²) in [5.74, 6) is 1.96. The van der Waals surface area contributed by atoms with E-state index in [2.05, 4.69) is 34.5 Å². The maximum Gasteiger partial charge on any atom is 0.223 e. The molecule has 1 saturated carbocycles. The molecule has 1 saturated heterocycles. The van der Waals surface area contributed by atoms with E-state index in [0.29, 0.717) is 19.0 Å². The summed E-state index contributed by atoms with van der Waals surface area (Å²) >= 11 is 0. The third kappa shape index (κ3) is 6.68. The van der Waals surface area contributed by atoms with Crippen LogP contribution in [0.25, 0.3) is 0 Å². The van der Waals surface area contributed by atoms with E-state index in [9.17, 15) is 4.79 Å². The fourth-order valence-electron chi connectivity index (χ4n) is 2.50. The van der Waals surface area contributed by atoms with E-state index in [1.165, 1.54) is 0 Å². The number of hydrogen-bond acceptors (Lipinski definition) is 3. The van der Waals surface area contributed by atoms with Crippen LogP contribution in [-0.2, 0) is 9.53 Å². The van der Waals surface area contributed by atoms with Crippen molar-refractivity contribution in [3.8, 4) is 0 Å². The average molecular weight is 424 g/mol. The Bertz CT molecular complexity index is 369. The molecule has 6 nitrogen and oxygen atoms in total. The lowest BCUT2D eigenvalue weighted by Crippen LogP contribution is -2.42. The summed E-state index contributed by atoms with van der Waals surface area (Å²) in [7, 11) is 2.06. The van der Waals surface area contributed by atoms with E-state index in [4.69, 9.17) is 4.74 Å². The first-order valence-electron chi connectivity index (χ1n) is 8.05. The molecule has 7 heteroatoms. The van der Waals surface area contributed by atoms with Gasteiger partial charge in [0.1, 0.15) is 0 Å². The zero-order valence-corrected chi connectivity index (χ0v) is 16.0. The third-order valence-electron chi connectivity index (χ3n) is 3.87. The number of ether oxygens (including phenoxy) is 1.